The van der Waals surface area contributed by atoms with Crippen LogP contribution in [0.5, 0.6) is 5.75 Å². The molecule has 1 atom stereocenters. The van der Waals surface area contributed by atoms with E-state index in [1.807, 2.05) is 44.2 Å². The fourth-order valence-electron chi connectivity index (χ4n) is 2.91. The molecule has 2 rings (SSSR count). The van der Waals surface area contributed by atoms with Gasteiger partial charge in [-0.2, -0.15) is 4.72 Å². The van der Waals surface area contributed by atoms with E-state index >= 15 is 0 Å². The number of unbranched alkanes of at least 4 members (excludes halogenated alkanes) is 1. The Morgan fingerprint density at radius 2 is 1.83 bits per heavy atom. The van der Waals surface area contributed by atoms with Gasteiger partial charge in [0.2, 0.25) is 15.9 Å². The SMILES string of the molecule is CCCCNC(=O)[C@@H](Cc1ccccc1)NS(=O)(=O)c1ccc(OCC)c(C)c1. The average molecular weight is 419 g/mol. The van der Waals surface area contributed by atoms with Crippen molar-refractivity contribution in [3.05, 3.63) is 59.7 Å². The molecule has 0 radical (unpaired) electrons. The summed E-state index contributed by atoms with van der Waals surface area (Å²) in [6.07, 6.45) is 2.06. The van der Waals surface area contributed by atoms with Crippen LogP contribution in [0.1, 0.15) is 37.8 Å². The van der Waals surface area contributed by atoms with E-state index in [-0.39, 0.29) is 17.2 Å². The lowest BCUT2D eigenvalue weighted by Gasteiger charge is -2.19. The molecule has 6 nitrogen and oxygen atoms in total. The molecule has 0 aliphatic carbocycles. The fourth-order valence-corrected chi connectivity index (χ4v) is 4.19. The number of benzene rings is 2. The van der Waals surface area contributed by atoms with Crippen LogP contribution >= 0.6 is 0 Å². The zero-order chi connectivity index (χ0) is 21.3. The molecule has 0 aliphatic heterocycles. The number of sulfonamides is 1. The number of aryl methyl sites for hydroxylation is 1. The number of hydrogen-bond donors (Lipinski definition) is 2. The van der Waals surface area contributed by atoms with Crippen LogP contribution in [0.25, 0.3) is 0 Å². The molecule has 0 heterocycles. The minimum Gasteiger partial charge on any atom is -0.494 e. The Morgan fingerprint density at radius 1 is 1.10 bits per heavy atom. The van der Waals surface area contributed by atoms with Crippen molar-refractivity contribution in [1.29, 1.82) is 0 Å². The van der Waals surface area contributed by atoms with Gasteiger partial charge in [-0.25, -0.2) is 8.42 Å². The molecule has 2 aromatic rings. The predicted octanol–water partition coefficient (Wildman–Crippen LogP) is 3.20. The molecule has 29 heavy (non-hydrogen) atoms. The van der Waals surface area contributed by atoms with Gasteiger partial charge >= 0.3 is 0 Å². The molecule has 0 bridgehead atoms. The Bertz CT molecular complexity index is 898. The number of rotatable bonds is 11. The van der Waals surface area contributed by atoms with E-state index in [0.29, 0.717) is 18.9 Å². The van der Waals surface area contributed by atoms with E-state index in [2.05, 4.69) is 10.0 Å². The number of carbonyl (C=O) groups excluding carboxylic acids is 1. The first-order valence-corrected chi connectivity index (χ1v) is 11.4. The summed E-state index contributed by atoms with van der Waals surface area (Å²) >= 11 is 0. The van der Waals surface area contributed by atoms with Gasteiger partial charge < -0.3 is 10.1 Å². The molecule has 0 unspecified atom stereocenters. The summed E-state index contributed by atoms with van der Waals surface area (Å²) in [5.41, 5.74) is 1.61. The van der Waals surface area contributed by atoms with Crippen molar-refractivity contribution in [1.82, 2.24) is 10.0 Å². The van der Waals surface area contributed by atoms with Crippen LogP contribution in [-0.4, -0.2) is 33.5 Å². The van der Waals surface area contributed by atoms with Gasteiger partial charge in [0.25, 0.3) is 0 Å². The molecular weight excluding hydrogens is 388 g/mol. The zero-order valence-corrected chi connectivity index (χ0v) is 18.1. The van der Waals surface area contributed by atoms with E-state index < -0.39 is 16.1 Å². The highest BCUT2D eigenvalue weighted by Gasteiger charge is 2.26. The van der Waals surface area contributed by atoms with E-state index in [4.69, 9.17) is 4.74 Å². The molecule has 1 amide bonds. The predicted molar refractivity (Wildman–Crippen MR) is 115 cm³/mol. The molecule has 0 spiro atoms. The molecular formula is C22H30N2O4S. The number of amides is 1. The van der Waals surface area contributed by atoms with Gasteiger partial charge in [-0.05, 0) is 56.0 Å². The summed E-state index contributed by atoms with van der Waals surface area (Å²) in [7, 11) is -3.88. The van der Waals surface area contributed by atoms with E-state index in [1.54, 1.807) is 19.1 Å². The fraction of sp³-hybridized carbons (Fsp3) is 0.409. The van der Waals surface area contributed by atoms with Crippen LogP contribution in [0.2, 0.25) is 0 Å². The van der Waals surface area contributed by atoms with Crippen molar-refractivity contribution in [3.8, 4) is 5.75 Å². The first-order valence-electron chi connectivity index (χ1n) is 9.94. The topological polar surface area (TPSA) is 84.5 Å². The van der Waals surface area contributed by atoms with Crippen LogP contribution < -0.4 is 14.8 Å². The van der Waals surface area contributed by atoms with Crippen LogP contribution in [0.3, 0.4) is 0 Å². The van der Waals surface area contributed by atoms with Gasteiger partial charge in [0.1, 0.15) is 11.8 Å². The van der Waals surface area contributed by atoms with Crippen molar-refractivity contribution in [2.75, 3.05) is 13.2 Å². The third-order valence-electron chi connectivity index (χ3n) is 4.48. The molecule has 0 aliphatic rings. The van der Waals surface area contributed by atoms with Crippen molar-refractivity contribution >= 4 is 15.9 Å². The molecule has 0 saturated carbocycles. The highest BCUT2D eigenvalue weighted by molar-refractivity contribution is 7.89. The highest BCUT2D eigenvalue weighted by atomic mass is 32.2. The average Bonchev–Trinajstić information content (AvgIpc) is 2.70. The second kappa shape index (κ2) is 11.0. The van der Waals surface area contributed by atoms with Crippen LogP contribution in [0.4, 0.5) is 0 Å². The van der Waals surface area contributed by atoms with Crippen molar-refractivity contribution < 1.29 is 17.9 Å². The van der Waals surface area contributed by atoms with Gasteiger partial charge in [0.15, 0.2) is 0 Å². The maximum absolute atomic E-state index is 13.0. The monoisotopic (exact) mass is 418 g/mol. The number of carbonyl (C=O) groups is 1. The van der Waals surface area contributed by atoms with Crippen LogP contribution in [0.15, 0.2) is 53.4 Å². The number of hydrogen-bond acceptors (Lipinski definition) is 4. The molecule has 0 fully saturated rings. The second-order valence-corrected chi connectivity index (χ2v) is 8.58. The van der Waals surface area contributed by atoms with Gasteiger partial charge in [0.05, 0.1) is 11.5 Å². The second-order valence-electron chi connectivity index (χ2n) is 6.87. The highest BCUT2D eigenvalue weighted by Crippen LogP contribution is 2.22. The Labute approximate surface area is 173 Å². The summed E-state index contributed by atoms with van der Waals surface area (Å²) < 4.78 is 34.0. The van der Waals surface area contributed by atoms with Crippen molar-refractivity contribution in [2.24, 2.45) is 0 Å². The standard InChI is InChI=1S/C22H30N2O4S/c1-4-6-14-23-22(25)20(16-18-10-8-7-9-11-18)24-29(26,27)19-12-13-21(28-5-2)17(3)15-19/h7-13,15,20,24H,4-6,14,16H2,1-3H3,(H,23,25)/t20-/m1/s1. The van der Waals surface area contributed by atoms with E-state index in [1.165, 1.54) is 6.07 Å². The Balaban J connectivity index is 2.23. The molecule has 0 aromatic heterocycles. The maximum Gasteiger partial charge on any atom is 0.241 e. The first-order chi connectivity index (χ1) is 13.9. The summed E-state index contributed by atoms with van der Waals surface area (Å²) in [6, 6.07) is 13.2. The van der Waals surface area contributed by atoms with E-state index in [9.17, 15) is 13.2 Å². The summed E-state index contributed by atoms with van der Waals surface area (Å²) in [5, 5.41) is 2.83. The van der Waals surface area contributed by atoms with Crippen molar-refractivity contribution in [3.63, 3.8) is 0 Å². The van der Waals surface area contributed by atoms with E-state index in [0.717, 1.165) is 24.0 Å². The molecule has 7 heteroatoms. The lowest BCUT2D eigenvalue weighted by molar-refractivity contribution is -0.122. The smallest absolute Gasteiger partial charge is 0.241 e. The van der Waals surface area contributed by atoms with Gasteiger partial charge in [-0.3, -0.25) is 4.79 Å². The van der Waals surface area contributed by atoms with Gasteiger partial charge in [-0.15, -0.1) is 0 Å². The number of ether oxygens (including phenoxy) is 1. The molecule has 158 valence electrons. The molecule has 0 saturated heterocycles. The lowest BCUT2D eigenvalue weighted by Crippen LogP contribution is -2.48. The van der Waals surface area contributed by atoms with Crippen LogP contribution in [-0.2, 0) is 21.2 Å². The normalized spacial score (nSPS) is 12.4. The maximum atomic E-state index is 13.0. The van der Waals surface area contributed by atoms with Crippen LogP contribution in [0, 0.1) is 6.92 Å². The Hall–Kier alpha value is -2.38. The Morgan fingerprint density at radius 3 is 2.45 bits per heavy atom. The quantitative estimate of drug-likeness (QED) is 0.549. The Kier molecular flexibility index (Phi) is 8.67. The first kappa shape index (κ1) is 22.9. The minimum atomic E-state index is -3.88. The van der Waals surface area contributed by atoms with Gasteiger partial charge in [0, 0.05) is 6.54 Å². The summed E-state index contributed by atoms with van der Waals surface area (Å²) in [5.74, 6) is 0.318. The zero-order valence-electron chi connectivity index (χ0n) is 17.3. The third kappa shape index (κ3) is 6.87. The number of nitrogens with one attached hydrogen (secondary N) is 2. The molecule has 2 N–H and O–H groups in total. The minimum absolute atomic E-state index is 0.109. The summed E-state index contributed by atoms with van der Waals surface area (Å²) in [4.78, 5) is 12.8. The van der Waals surface area contributed by atoms with Gasteiger partial charge in [-0.1, -0.05) is 43.7 Å². The molecule has 2 aromatic carbocycles. The third-order valence-corrected chi connectivity index (χ3v) is 5.95. The van der Waals surface area contributed by atoms with Crippen molar-refractivity contribution in [2.45, 2.75) is 51.0 Å². The largest absolute Gasteiger partial charge is 0.494 e. The lowest BCUT2D eigenvalue weighted by atomic mass is 10.1. The summed E-state index contributed by atoms with van der Waals surface area (Å²) in [6.45, 7) is 6.72.